The Morgan fingerprint density at radius 1 is 0.765 bits per heavy atom. The van der Waals surface area contributed by atoms with Crippen LogP contribution in [0.25, 0.3) is 0 Å². The first kappa shape index (κ1) is 17.4. The predicted octanol–water partition coefficient (Wildman–Crippen LogP) is 6.15. The van der Waals surface area contributed by atoms with Crippen molar-refractivity contribution in [2.75, 3.05) is 0 Å². The molecule has 0 aliphatic carbocycles. The van der Waals surface area contributed by atoms with Crippen molar-refractivity contribution in [3.05, 3.63) is 0 Å². The third kappa shape index (κ3) is 4.19. The van der Waals surface area contributed by atoms with E-state index in [1.807, 2.05) is 0 Å². The van der Waals surface area contributed by atoms with E-state index in [0.29, 0.717) is 9.49 Å². The molecular weight excluding hydrogens is 224 g/mol. The number of hydrogen-bond donors (Lipinski definition) is 0. The number of hydrogen-bond acceptors (Lipinski definition) is 1. The first-order chi connectivity index (χ1) is 7.79. The first-order valence-electron chi connectivity index (χ1n) is 7.49. The number of thioether (sulfide) groups is 1. The lowest BCUT2D eigenvalue weighted by molar-refractivity contribution is 0.373. The van der Waals surface area contributed by atoms with Crippen LogP contribution in [0.5, 0.6) is 0 Å². The van der Waals surface area contributed by atoms with E-state index in [9.17, 15) is 0 Å². The van der Waals surface area contributed by atoms with Crippen molar-refractivity contribution >= 4 is 11.8 Å². The van der Waals surface area contributed by atoms with E-state index >= 15 is 0 Å². The molecule has 0 rings (SSSR count). The molecule has 0 aliphatic rings. The molecule has 104 valence electrons. The van der Waals surface area contributed by atoms with Gasteiger partial charge in [0.2, 0.25) is 0 Å². The van der Waals surface area contributed by atoms with Crippen LogP contribution < -0.4 is 0 Å². The van der Waals surface area contributed by atoms with Crippen molar-refractivity contribution in [2.45, 2.75) is 90.6 Å². The molecule has 0 radical (unpaired) electrons. The summed E-state index contributed by atoms with van der Waals surface area (Å²) in [6.45, 7) is 19.1. The minimum absolute atomic E-state index is 0.433. The zero-order valence-corrected chi connectivity index (χ0v) is 14.2. The molecule has 0 aromatic carbocycles. The van der Waals surface area contributed by atoms with Gasteiger partial charge in [0.1, 0.15) is 0 Å². The monoisotopic (exact) mass is 258 g/mol. The Balaban J connectivity index is 4.96. The summed E-state index contributed by atoms with van der Waals surface area (Å²) in [7, 11) is 0. The van der Waals surface area contributed by atoms with E-state index in [1.54, 1.807) is 0 Å². The van der Waals surface area contributed by atoms with Crippen LogP contribution in [0.15, 0.2) is 0 Å². The highest BCUT2D eigenvalue weighted by Gasteiger charge is 2.39. The SMILES string of the molecule is CCC(C)C(C)(CC)SC(C)(CC)C(C)CC. The minimum atomic E-state index is 0.433. The molecule has 1 heteroatoms. The molecule has 0 saturated heterocycles. The van der Waals surface area contributed by atoms with Crippen LogP contribution in [0.4, 0.5) is 0 Å². The fourth-order valence-corrected chi connectivity index (χ4v) is 4.53. The van der Waals surface area contributed by atoms with E-state index in [2.05, 4.69) is 67.2 Å². The van der Waals surface area contributed by atoms with Gasteiger partial charge in [0.15, 0.2) is 0 Å². The zero-order valence-electron chi connectivity index (χ0n) is 13.4. The standard InChI is InChI=1S/C16H34S/c1-9-13(5)15(7,11-3)17-16(8,12-4)14(6)10-2/h13-14H,9-12H2,1-8H3. The molecule has 0 aromatic heterocycles. The fourth-order valence-electron chi connectivity index (χ4n) is 2.44. The molecule has 0 nitrogen and oxygen atoms in total. The second-order valence-electron chi connectivity index (χ2n) is 6.05. The van der Waals surface area contributed by atoms with Gasteiger partial charge in [0, 0.05) is 9.49 Å². The minimum Gasteiger partial charge on any atom is -0.148 e. The van der Waals surface area contributed by atoms with Crippen LogP contribution in [0.1, 0.15) is 81.1 Å². The van der Waals surface area contributed by atoms with Crippen molar-refractivity contribution in [3.8, 4) is 0 Å². The Hall–Kier alpha value is 0.350. The van der Waals surface area contributed by atoms with E-state index < -0.39 is 0 Å². The quantitative estimate of drug-likeness (QED) is 0.503. The van der Waals surface area contributed by atoms with Crippen LogP contribution >= 0.6 is 11.8 Å². The van der Waals surface area contributed by atoms with Crippen molar-refractivity contribution < 1.29 is 0 Å². The lowest BCUT2D eigenvalue weighted by Crippen LogP contribution is -2.38. The van der Waals surface area contributed by atoms with Crippen LogP contribution in [0.2, 0.25) is 0 Å². The maximum Gasteiger partial charge on any atom is 0.0160 e. The molecule has 0 heterocycles. The van der Waals surface area contributed by atoms with E-state index in [0.717, 1.165) is 11.8 Å². The third-order valence-corrected chi connectivity index (χ3v) is 7.49. The number of rotatable bonds is 8. The summed E-state index contributed by atoms with van der Waals surface area (Å²) in [6, 6.07) is 0. The van der Waals surface area contributed by atoms with Crippen molar-refractivity contribution in [1.29, 1.82) is 0 Å². The van der Waals surface area contributed by atoms with Crippen molar-refractivity contribution in [1.82, 2.24) is 0 Å². The van der Waals surface area contributed by atoms with Gasteiger partial charge in [-0.05, 0) is 24.7 Å². The zero-order chi connectivity index (χ0) is 13.7. The molecule has 0 aliphatic heterocycles. The highest BCUT2D eigenvalue weighted by Crippen LogP contribution is 2.49. The van der Waals surface area contributed by atoms with Gasteiger partial charge >= 0.3 is 0 Å². The Labute approximate surface area is 114 Å². The summed E-state index contributed by atoms with van der Waals surface area (Å²) >= 11 is 2.26. The van der Waals surface area contributed by atoms with E-state index in [4.69, 9.17) is 0 Å². The van der Waals surface area contributed by atoms with Crippen LogP contribution in [-0.2, 0) is 0 Å². The van der Waals surface area contributed by atoms with Gasteiger partial charge in [-0.1, -0.05) is 68.2 Å². The second kappa shape index (κ2) is 7.07. The summed E-state index contributed by atoms with van der Waals surface area (Å²) in [5.41, 5.74) is 0. The molecule has 0 saturated carbocycles. The Bertz CT molecular complexity index is 192. The summed E-state index contributed by atoms with van der Waals surface area (Å²) < 4.78 is 0.867. The summed E-state index contributed by atoms with van der Waals surface area (Å²) in [5, 5.41) is 0. The topological polar surface area (TPSA) is 0 Å². The Morgan fingerprint density at radius 3 is 1.24 bits per heavy atom. The second-order valence-corrected chi connectivity index (χ2v) is 8.12. The Morgan fingerprint density at radius 2 is 1.06 bits per heavy atom. The van der Waals surface area contributed by atoms with Gasteiger partial charge in [0.25, 0.3) is 0 Å². The molecule has 0 fully saturated rings. The fraction of sp³-hybridized carbons (Fsp3) is 1.00. The normalized spacial score (nSPS) is 22.6. The highest BCUT2D eigenvalue weighted by molar-refractivity contribution is 8.02. The molecule has 4 unspecified atom stereocenters. The molecule has 0 N–H and O–H groups in total. The molecule has 0 spiro atoms. The summed E-state index contributed by atoms with van der Waals surface area (Å²) in [5.74, 6) is 1.60. The van der Waals surface area contributed by atoms with Crippen molar-refractivity contribution in [2.24, 2.45) is 11.8 Å². The van der Waals surface area contributed by atoms with Crippen LogP contribution in [0, 0.1) is 11.8 Å². The average Bonchev–Trinajstić information content (AvgIpc) is 2.35. The molecule has 17 heavy (non-hydrogen) atoms. The van der Waals surface area contributed by atoms with Gasteiger partial charge in [-0.25, -0.2) is 0 Å². The largest absolute Gasteiger partial charge is 0.148 e. The molecule has 0 aromatic rings. The predicted molar refractivity (Wildman–Crippen MR) is 83.9 cm³/mol. The molecule has 0 bridgehead atoms. The smallest absolute Gasteiger partial charge is 0.0160 e. The summed E-state index contributed by atoms with van der Waals surface area (Å²) in [6.07, 6.45) is 5.13. The van der Waals surface area contributed by atoms with Gasteiger partial charge in [0.05, 0.1) is 0 Å². The van der Waals surface area contributed by atoms with E-state index in [1.165, 1.54) is 25.7 Å². The average molecular weight is 259 g/mol. The Kier molecular flexibility index (Phi) is 7.21. The van der Waals surface area contributed by atoms with Crippen LogP contribution in [0.3, 0.4) is 0 Å². The van der Waals surface area contributed by atoms with Gasteiger partial charge < -0.3 is 0 Å². The molecular formula is C16H34S. The van der Waals surface area contributed by atoms with Gasteiger partial charge in [-0.3, -0.25) is 0 Å². The third-order valence-electron chi connectivity index (χ3n) is 5.18. The van der Waals surface area contributed by atoms with Crippen molar-refractivity contribution in [3.63, 3.8) is 0 Å². The van der Waals surface area contributed by atoms with Gasteiger partial charge in [-0.2, -0.15) is 0 Å². The molecule has 0 amide bonds. The molecule has 4 atom stereocenters. The van der Waals surface area contributed by atoms with Crippen LogP contribution in [-0.4, -0.2) is 9.49 Å². The maximum atomic E-state index is 2.47. The summed E-state index contributed by atoms with van der Waals surface area (Å²) in [4.78, 5) is 0. The highest BCUT2D eigenvalue weighted by atomic mass is 32.2. The van der Waals surface area contributed by atoms with E-state index in [-0.39, 0.29) is 0 Å². The lowest BCUT2D eigenvalue weighted by Gasteiger charge is -2.44. The maximum absolute atomic E-state index is 2.47. The van der Waals surface area contributed by atoms with Gasteiger partial charge in [-0.15, -0.1) is 11.8 Å². The lowest BCUT2D eigenvalue weighted by atomic mass is 9.89. The first-order valence-corrected chi connectivity index (χ1v) is 8.31.